The fourth-order valence-electron chi connectivity index (χ4n) is 2.25. The van der Waals surface area contributed by atoms with E-state index in [2.05, 4.69) is 10.6 Å². The van der Waals surface area contributed by atoms with Gasteiger partial charge in [-0.05, 0) is 36.8 Å². The Labute approximate surface area is 130 Å². The lowest BCUT2D eigenvalue weighted by molar-refractivity contribution is -0.122. The summed E-state index contributed by atoms with van der Waals surface area (Å²) in [6.07, 6.45) is 4.34. The number of nitrogens with one attached hydrogen (secondary N) is 2. The van der Waals surface area contributed by atoms with Gasteiger partial charge < -0.3 is 15.2 Å². The molecule has 116 valence electrons. The molecule has 0 radical (unpaired) electrons. The van der Waals surface area contributed by atoms with Crippen LogP contribution in [0.2, 0.25) is 0 Å². The lowest BCUT2D eigenvalue weighted by Crippen LogP contribution is -2.25. The van der Waals surface area contributed by atoms with Gasteiger partial charge in [0.25, 0.3) is 0 Å². The van der Waals surface area contributed by atoms with Crippen LogP contribution in [0.4, 0.5) is 5.69 Å². The number of benzene rings is 1. The van der Waals surface area contributed by atoms with Crippen LogP contribution in [0.25, 0.3) is 0 Å². The van der Waals surface area contributed by atoms with Crippen LogP contribution in [-0.4, -0.2) is 16.4 Å². The van der Waals surface area contributed by atoms with E-state index in [0.717, 1.165) is 11.3 Å². The van der Waals surface area contributed by atoms with Gasteiger partial charge in [-0.2, -0.15) is 0 Å². The monoisotopic (exact) mass is 299 g/mol. The van der Waals surface area contributed by atoms with Crippen molar-refractivity contribution in [3.8, 4) is 0 Å². The first-order chi connectivity index (χ1) is 10.5. The highest BCUT2D eigenvalue weighted by molar-refractivity contribution is 5.88. The number of anilines is 1. The van der Waals surface area contributed by atoms with Crippen LogP contribution in [-0.2, 0) is 16.1 Å². The van der Waals surface area contributed by atoms with Gasteiger partial charge in [0.2, 0.25) is 11.8 Å². The first-order valence-electron chi connectivity index (χ1n) is 7.30. The maximum absolute atomic E-state index is 12.0. The maximum atomic E-state index is 12.0. The van der Waals surface area contributed by atoms with Crippen LogP contribution in [0.3, 0.4) is 0 Å². The maximum Gasteiger partial charge on any atom is 0.222 e. The molecule has 0 aliphatic heterocycles. The van der Waals surface area contributed by atoms with E-state index in [1.165, 1.54) is 6.92 Å². The Bertz CT molecular complexity index is 635. The van der Waals surface area contributed by atoms with E-state index < -0.39 is 0 Å². The number of aromatic nitrogens is 1. The Morgan fingerprint density at radius 2 is 1.91 bits per heavy atom. The molecule has 0 spiro atoms. The van der Waals surface area contributed by atoms with Crippen molar-refractivity contribution >= 4 is 17.5 Å². The van der Waals surface area contributed by atoms with Crippen LogP contribution in [0.5, 0.6) is 0 Å². The highest BCUT2D eigenvalue weighted by atomic mass is 16.2. The second-order valence-electron chi connectivity index (χ2n) is 5.34. The SMILES string of the molecule is CC(=O)Nc1cccc(CNC(=O)C[C@H](C)n2cccc2)c1. The van der Waals surface area contributed by atoms with Crippen LogP contribution in [0, 0.1) is 0 Å². The Morgan fingerprint density at radius 1 is 1.18 bits per heavy atom. The van der Waals surface area contributed by atoms with Crippen LogP contribution in [0.15, 0.2) is 48.8 Å². The molecule has 0 aliphatic rings. The molecule has 1 aromatic heterocycles. The van der Waals surface area contributed by atoms with E-state index in [9.17, 15) is 9.59 Å². The standard InChI is InChI=1S/C17H21N3O2/c1-13(20-8-3-4-9-20)10-17(22)18-12-15-6-5-7-16(11-15)19-14(2)21/h3-9,11,13H,10,12H2,1-2H3,(H,18,22)(H,19,21)/t13-/m0/s1. The smallest absolute Gasteiger partial charge is 0.222 e. The summed E-state index contributed by atoms with van der Waals surface area (Å²) in [5.74, 6) is -0.104. The fraction of sp³-hybridized carbons (Fsp3) is 0.294. The lowest BCUT2D eigenvalue weighted by Gasteiger charge is -2.13. The van der Waals surface area contributed by atoms with Crippen LogP contribution in [0.1, 0.15) is 31.9 Å². The summed E-state index contributed by atoms with van der Waals surface area (Å²) in [6, 6.07) is 11.5. The minimum Gasteiger partial charge on any atom is -0.352 e. The molecule has 0 saturated carbocycles. The Balaban J connectivity index is 1.84. The summed E-state index contributed by atoms with van der Waals surface area (Å²) < 4.78 is 2.01. The molecule has 0 unspecified atom stereocenters. The second kappa shape index (κ2) is 7.45. The van der Waals surface area contributed by atoms with Crippen molar-refractivity contribution in [1.82, 2.24) is 9.88 Å². The van der Waals surface area contributed by atoms with Crippen molar-refractivity contribution in [2.24, 2.45) is 0 Å². The number of hydrogen-bond acceptors (Lipinski definition) is 2. The molecule has 2 rings (SSSR count). The van der Waals surface area contributed by atoms with Gasteiger partial charge in [0.15, 0.2) is 0 Å². The van der Waals surface area contributed by atoms with Crippen molar-refractivity contribution < 1.29 is 9.59 Å². The number of nitrogens with zero attached hydrogens (tertiary/aromatic N) is 1. The largest absolute Gasteiger partial charge is 0.352 e. The summed E-state index contributed by atoms with van der Waals surface area (Å²) in [6.45, 7) is 3.93. The van der Waals surface area contributed by atoms with Crippen molar-refractivity contribution in [1.29, 1.82) is 0 Å². The lowest BCUT2D eigenvalue weighted by atomic mass is 10.2. The molecular weight excluding hydrogens is 278 g/mol. The molecule has 1 atom stereocenters. The van der Waals surface area contributed by atoms with Gasteiger partial charge in [-0.1, -0.05) is 12.1 Å². The van der Waals surface area contributed by atoms with Gasteiger partial charge in [0.05, 0.1) is 0 Å². The Kier molecular flexibility index (Phi) is 5.36. The minimum absolute atomic E-state index is 0.00568. The molecule has 0 bridgehead atoms. The zero-order valence-electron chi connectivity index (χ0n) is 12.9. The number of carbonyl (C=O) groups excluding carboxylic acids is 2. The van der Waals surface area contributed by atoms with Gasteiger partial charge in [-0.25, -0.2) is 0 Å². The van der Waals surface area contributed by atoms with Crippen molar-refractivity contribution in [3.63, 3.8) is 0 Å². The summed E-state index contributed by atoms with van der Waals surface area (Å²) in [5, 5.41) is 5.64. The molecule has 5 nitrogen and oxygen atoms in total. The fourth-order valence-corrected chi connectivity index (χ4v) is 2.25. The Hall–Kier alpha value is -2.56. The van der Waals surface area contributed by atoms with E-state index in [0.29, 0.717) is 13.0 Å². The topological polar surface area (TPSA) is 63.1 Å². The van der Waals surface area contributed by atoms with E-state index in [4.69, 9.17) is 0 Å². The third kappa shape index (κ3) is 4.77. The summed E-state index contributed by atoms with van der Waals surface area (Å²) in [4.78, 5) is 23.0. The highest BCUT2D eigenvalue weighted by Gasteiger charge is 2.09. The summed E-state index contributed by atoms with van der Waals surface area (Å²) in [5.41, 5.74) is 1.69. The Morgan fingerprint density at radius 3 is 2.59 bits per heavy atom. The predicted octanol–water partition coefficient (Wildman–Crippen LogP) is 2.71. The van der Waals surface area contributed by atoms with E-state index in [1.54, 1.807) is 0 Å². The van der Waals surface area contributed by atoms with Crippen LogP contribution < -0.4 is 10.6 Å². The predicted molar refractivity (Wildman–Crippen MR) is 86.4 cm³/mol. The number of carbonyl (C=O) groups is 2. The van der Waals surface area contributed by atoms with Crippen LogP contribution >= 0.6 is 0 Å². The normalized spacial score (nSPS) is 11.7. The highest BCUT2D eigenvalue weighted by Crippen LogP contribution is 2.12. The van der Waals surface area contributed by atoms with Crippen molar-refractivity contribution in [3.05, 3.63) is 54.4 Å². The molecule has 2 amide bonds. The molecular formula is C17H21N3O2. The van der Waals surface area contributed by atoms with Gasteiger partial charge in [-0.15, -0.1) is 0 Å². The number of rotatable bonds is 6. The summed E-state index contributed by atoms with van der Waals surface area (Å²) >= 11 is 0. The van der Waals surface area contributed by atoms with Gasteiger partial charge in [0.1, 0.15) is 0 Å². The zero-order valence-corrected chi connectivity index (χ0v) is 12.9. The van der Waals surface area contributed by atoms with E-state index in [1.807, 2.05) is 60.3 Å². The molecule has 1 aromatic carbocycles. The van der Waals surface area contributed by atoms with Gasteiger partial charge in [0, 0.05) is 44.0 Å². The van der Waals surface area contributed by atoms with Gasteiger partial charge >= 0.3 is 0 Å². The molecule has 5 heteroatoms. The number of amides is 2. The summed E-state index contributed by atoms with van der Waals surface area (Å²) in [7, 11) is 0. The first-order valence-corrected chi connectivity index (χ1v) is 7.30. The molecule has 2 aromatic rings. The quantitative estimate of drug-likeness (QED) is 0.861. The first kappa shape index (κ1) is 15.8. The molecule has 0 aliphatic carbocycles. The molecule has 2 N–H and O–H groups in total. The molecule has 0 fully saturated rings. The third-order valence-electron chi connectivity index (χ3n) is 3.35. The average molecular weight is 299 g/mol. The number of hydrogen-bond donors (Lipinski definition) is 2. The zero-order chi connectivity index (χ0) is 15.9. The molecule has 0 saturated heterocycles. The van der Waals surface area contributed by atoms with Gasteiger partial charge in [-0.3, -0.25) is 9.59 Å². The van der Waals surface area contributed by atoms with Crippen molar-refractivity contribution in [2.75, 3.05) is 5.32 Å². The van der Waals surface area contributed by atoms with Crippen molar-refractivity contribution in [2.45, 2.75) is 32.9 Å². The molecule has 1 heterocycles. The van der Waals surface area contributed by atoms with E-state index >= 15 is 0 Å². The third-order valence-corrected chi connectivity index (χ3v) is 3.35. The van der Waals surface area contributed by atoms with E-state index in [-0.39, 0.29) is 17.9 Å². The molecule has 22 heavy (non-hydrogen) atoms. The minimum atomic E-state index is -0.110. The average Bonchev–Trinajstić information content (AvgIpc) is 2.99. The second-order valence-corrected chi connectivity index (χ2v) is 5.34.